The monoisotopic (exact) mass is 254 g/mol. The van der Waals surface area contributed by atoms with Gasteiger partial charge in [-0.2, -0.15) is 0 Å². The van der Waals surface area contributed by atoms with Crippen molar-refractivity contribution in [2.24, 2.45) is 0 Å². The summed E-state index contributed by atoms with van der Waals surface area (Å²) in [5.74, 6) is 1.79. The van der Waals surface area contributed by atoms with E-state index in [0.717, 1.165) is 41.7 Å². The minimum Gasteiger partial charge on any atom is -0.399 e. The number of aryl methyl sites for hydroxylation is 1. The van der Waals surface area contributed by atoms with Crippen LogP contribution in [0.1, 0.15) is 18.5 Å². The maximum absolute atomic E-state index is 5.83. The van der Waals surface area contributed by atoms with Crippen molar-refractivity contribution in [3.63, 3.8) is 0 Å². The molecule has 1 aliphatic heterocycles. The molecule has 0 amide bonds. The normalized spacial score (nSPS) is 14.9. The van der Waals surface area contributed by atoms with Crippen LogP contribution >= 0.6 is 0 Å². The van der Waals surface area contributed by atoms with Gasteiger partial charge in [-0.05, 0) is 31.9 Å². The highest BCUT2D eigenvalue weighted by Crippen LogP contribution is 2.23. The Hall–Kier alpha value is -2.10. The van der Waals surface area contributed by atoms with Crippen molar-refractivity contribution in [2.75, 3.05) is 23.7 Å². The van der Waals surface area contributed by atoms with Crippen LogP contribution in [-0.4, -0.2) is 23.1 Å². The average molecular weight is 254 g/mol. The summed E-state index contributed by atoms with van der Waals surface area (Å²) in [6, 6.07) is 9.79. The molecule has 2 N–H and O–H groups in total. The number of nitrogen functional groups attached to an aromatic ring is 1. The van der Waals surface area contributed by atoms with Crippen LogP contribution in [0.25, 0.3) is 11.4 Å². The summed E-state index contributed by atoms with van der Waals surface area (Å²) in [5, 5.41) is 0. The zero-order valence-electron chi connectivity index (χ0n) is 11.1. The molecular weight excluding hydrogens is 236 g/mol. The Morgan fingerprint density at radius 2 is 1.89 bits per heavy atom. The lowest BCUT2D eigenvalue weighted by molar-refractivity contribution is 0.923. The molecule has 3 rings (SSSR count). The molecule has 0 spiro atoms. The van der Waals surface area contributed by atoms with Crippen LogP contribution in [0.4, 0.5) is 11.5 Å². The van der Waals surface area contributed by atoms with Crippen molar-refractivity contribution in [1.29, 1.82) is 0 Å². The predicted molar refractivity (Wildman–Crippen MR) is 78.1 cm³/mol. The summed E-state index contributed by atoms with van der Waals surface area (Å²) in [4.78, 5) is 11.5. The average Bonchev–Trinajstić information content (AvgIpc) is 2.92. The van der Waals surface area contributed by atoms with Gasteiger partial charge in [0.2, 0.25) is 0 Å². The van der Waals surface area contributed by atoms with Crippen LogP contribution in [0, 0.1) is 6.92 Å². The molecule has 1 fully saturated rings. The number of nitrogens with zero attached hydrogens (tertiary/aromatic N) is 3. The Balaban J connectivity index is 2.01. The maximum atomic E-state index is 5.83. The van der Waals surface area contributed by atoms with Gasteiger partial charge in [-0.3, -0.25) is 0 Å². The van der Waals surface area contributed by atoms with E-state index in [-0.39, 0.29) is 0 Å². The third kappa shape index (κ3) is 2.52. The Morgan fingerprint density at radius 3 is 2.63 bits per heavy atom. The molecule has 0 aliphatic carbocycles. The zero-order chi connectivity index (χ0) is 13.2. The molecule has 0 atom stereocenters. The zero-order valence-corrected chi connectivity index (χ0v) is 11.1. The number of hydrogen-bond donors (Lipinski definition) is 1. The topological polar surface area (TPSA) is 55.0 Å². The van der Waals surface area contributed by atoms with Crippen LogP contribution < -0.4 is 10.6 Å². The van der Waals surface area contributed by atoms with Crippen LogP contribution in [0.2, 0.25) is 0 Å². The van der Waals surface area contributed by atoms with Crippen LogP contribution in [0.5, 0.6) is 0 Å². The van der Waals surface area contributed by atoms with Crippen molar-refractivity contribution in [3.8, 4) is 11.4 Å². The van der Waals surface area contributed by atoms with E-state index >= 15 is 0 Å². The van der Waals surface area contributed by atoms with Gasteiger partial charge in [0.1, 0.15) is 5.82 Å². The minimum absolute atomic E-state index is 0.741. The van der Waals surface area contributed by atoms with Crippen molar-refractivity contribution < 1.29 is 0 Å². The van der Waals surface area contributed by atoms with Crippen molar-refractivity contribution in [2.45, 2.75) is 19.8 Å². The predicted octanol–water partition coefficient (Wildman–Crippen LogP) is 2.63. The first-order valence-corrected chi connectivity index (χ1v) is 6.69. The first-order chi connectivity index (χ1) is 9.22. The molecule has 2 aromatic rings. The molecule has 1 saturated heterocycles. The van der Waals surface area contributed by atoms with Crippen molar-refractivity contribution in [1.82, 2.24) is 9.97 Å². The van der Waals surface area contributed by atoms with E-state index < -0.39 is 0 Å². The quantitative estimate of drug-likeness (QED) is 0.837. The lowest BCUT2D eigenvalue weighted by atomic mass is 10.2. The Bertz CT molecular complexity index is 588. The van der Waals surface area contributed by atoms with Gasteiger partial charge in [-0.25, -0.2) is 9.97 Å². The smallest absolute Gasteiger partial charge is 0.161 e. The summed E-state index contributed by atoms with van der Waals surface area (Å²) >= 11 is 0. The first kappa shape index (κ1) is 12.0. The molecule has 0 bridgehead atoms. The highest BCUT2D eigenvalue weighted by Gasteiger charge is 2.15. The van der Waals surface area contributed by atoms with Gasteiger partial charge in [-0.15, -0.1) is 0 Å². The summed E-state index contributed by atoms with van der Waals surface area (Å²) in [6.07, 6.45) is 2.49. The van der Waals surface area contributed by atoms with Crippen molar-refractivity contribution in [3.05, 3.63) is 36.0 Å². The van der Waals surface area contributed by atoms with E-state index in [2.05, 4.69) is 20.9 Å². The second kappa shape index (κ2) is 4.88. The van der Waals surface area contributed by atoms with E-state index in [1.165, 1.54) is 12.8 Å². The molecule has 4 heteroatoms. The van der Waals surface area contributed by atoms with E-state index in [4.69, 9.17) is 5.73 Å². The summed E-state index contributed by atoms with van der Waals surface area (Å²) in [6.45, 7) is 4.19. The molecule has 4 nitrogen and oxygen atoms in total. The SMILES string of the molecule is Cc1cc(N2CCCC2)nc(-c2cccc(N)c2)n1. The number of aromatic nitrogens is 2. The highest BCUT2D eigenvalue weighted by molar-refractivity contribution is 5.62. The van der Waals surface area contributed by atoms with E-state index in [9.17, 15) is 0 Å². The van der Waals surface area contributed by atoms with Crippen LogP contribution in [-0.2, 0) is 0 Å². The number of benzene rings is 1. The minimum atomic E-state index is 0.741. The lowest BCUT2D eigenvalue weighted by Gasteiger charge is -2.17. The second-order valence-corrected chi connectivity index (χ2v) is 5.01. The van der Waals surface area contributed by atoms with Gasteiger partial charge in [-0.1, -0.05) is 12.1 Å². The molecule has 1 aromatic heterocycles. The number of anilines is 2. The van der Waals surface area contributed by atoms with Gasteiger partial charge in [0.15, 0.2) is 5.82 Å². The maximum Gasteiger partial charge on any atom is 0.161 e. The molecule has 2 heterocycles. The van der Waals surface area contributed by atoms with E-state index in [0.29, 0.717) is 0 Å². The molecule has 19 heavy (non-hydrogen) atoms. The largest absolute Gasteiger partial charge is 0.399 e. The Morgan fingerprint density at radius 1 is 1.11 bits per heavy atom. The fraction of sp³-hybridized carbons (Fsp3) is 0.333. The van der Waals surface area contributed by atoms with Gasteiger partial charge in [0, 0.05) is 36.1 Å². The molecular formula is C15H18N4. The van der Waals surface area contributed by atoms with E-state index in [1.807, 2.05) is 31.2 Å². The van der Waals surface area contributed by atoms with Crippen LogP contribution in [0.15, 0.2) is 30.3 Å². The fourth-order valence-corrected chi connectivity index (χ4v) is 2.47. The summed E-state index contributed by atoms with van der Waals surface area (Å²) < 4.78 is 0. The van der Waals surface area contributed by atoms with Crippen molar-refractivity contribution >= 4 is 11.5 Å². The molecule has 0 radical (unpaired) electrons. The molecule has 0 saturated carbocycles. The molecule has 1 aromatic carbocycles. The first-order valence-electron chi connectivity index (χ1n) is 6.69. The van der Waals surface area contributed by atoms with Crippen LogP contribution in [0.3, 0.4) is 0 Å². The van der Waals surface area contributed by atoms with Gasteiger partial charge >= 0.3 is 0 Å². The van der Waals surface area contributed by atoms with Gasteiger partial charge < -0.3 is 10.6 Å². The number of nitrogens with two attached hydrogens (primary N) is 1. The second-order valence-electron chi connectivity index (χ2n) is 5.01. The summed E-state index contributed by atoms with van der Waals surface area (Å²) in [5.41, 5.74) is 8.54. The Labute approximate surface area is 113 Å². The number of rotatable bonds is 2. The summed E-state index contributed by atoms with van der Waals surface area (Å²) in [7, 11) is 0. The standard InChI is InChI=1S/C15H18N4/c1-11-9-14(19-7-2-3-8-19)18-15(17-11)12-5-4-6-13(16)10-12/h4-6,9-10H,2-3,7-8,16H2,1H3. The van der Waals surface area contributed by atoms with Gasteiger partial charge in [0.25, 0.3) is 0 Å². The molecule has 1 aliphatic rings. The highest BCUT2D eigenvalue weighted by atomic mass is 15.2. The number of hydrogen-bond acceptors (Lipinski definition) is 4. The lowest BCUT2D eigenvalue weighted by Crippen LogP contribution is -2.19. The van der Waals surface area contributed by atoms with E-state index in [1.54, 1.807) is 0 Å². The van der Waals surface area contributed by atoms with Gasteiger partial charge in [0.05, 0.1) is 0 Å². The third-order valence-electron chi connectivity index (χ3n) is 3.42. The molecule has 0 unspecified atom stereocenters. The fourth-order valence-electron chi connectivity index (χ4n) is 2.47. The molecule has 98 valence electrons. The third-order valence-corrected chi connectivity index (χ3v) is 3.42. The Kier molecular flexibility index (Phi) is 3.07.